The number of carbonyl (C=O) groups is 3. The van der Waals surface area contributed by atoms with Crippen molar-refractivity contribution in [1.82, 2.24) is 30.2 Å². The van der Waals surface area contributed by atoms with Crippen LogP contribution in [0.5, 0.6) is 0 Å². The maximum Gasteiger partial charge on any atom is 0.255 e. The molecule has 1 saturated heterocycles. The minimum Gasteiger partial charge on any atom is -0.372 e. The van der Waals surface area contributed by atoms with Crippen LogP contribution in [0.15, 0.2) is 42.6 Å². The first-order valence-corrected chi connectivity index (χ1v) is 11.3. The van der Waals surface area contributed by atoms with Crippen LogP contribution >= 0.6 is 0 Å². The van der Waals surface area contributed by atoms with Gasteiger partial charge in [0.15, 0.2) is 5.82 Å². The van der Waals surface area contributed by atoms with Crippen molar-refractivity contribution in [1.29, 1.82) is 0 Å². The summed E-state index contributed by atoms with van der Waals surface area (Å²) >= 11 is 0. The van der Waals surface area contributed by atoms with Crippen LogP contribution in [-0.4, -0.2) is 54.7 Å². The van der Waals surface area contributed by atoms with E-state index in [1.165, 1.54) is 4.90 Å². The zero-order valence-electron chi connectivity index (χ0n) is 18.3. The molecule has 0 unspecified atom stereocenters. The topological polar surface area (TPSA) is 119 Å². The molecule has 10 nitrogen and oxygen atoms in total. The highest BCUT2D eigenvalue weighted by Gasteiger charge is 2.39. The van der Waals surface area contributed by atoms with Gasteiger partial charge in [-0.1, -0.05) is 17.3 Å². The molecule has 1 saturated carbocycles. The van der Waals surface area contributed by atoms with Crippen molar-refractivity contribution in [2.24, 2.45) is 0 Å². The molecule has 2 fully saturated rings. The first-order valence-electron chi connectivity index (χ1n) is 11.3. The number of aromatic nitrogens is 4. The molecule has 3 amide bonds. The third-order valence-corrected chi connectivity index (χ3v) is 6.33. The molecule has 3 aromatic rings. The Hall–Kier alpha value is -3.92. The lowest BCUT2D eigenvalue weighted by Crippen LogP contribution is -2.52. The van der Waals surface area contributed by atoms with Crippen LogP contribution in [0, 0.1) is 0 Å². The van der Waals surface area contributed by atoms with Crippen molar-refractivity contribution >= 4 is 17.7 Å². The summed E-state index contributed by atoms with van der Waals surface area (Å²) in [6.07, 6.45) is 4.95. The Kier molecular flexibility index (Phi) is 4.95. The Balaban J connectivity index is 1.21. The molecule has 1 aliphatic carbocycles. The fourth-order valence-corrected chi connectivity index (χ4v) is 4.35. The number of carbonyl (C=O) groups excluding carboxylic acids is 3. The van der Waals surface area contributed by atoms with Crippen molar-refractivity contribution in [3.05, 3.63) is 59.4 Å². The van der Waals surface area contributed by atoms with Crippen LogP contribution in [0.1, 0.15) is 47.3 Å². The van der Waals surface area contributed by atoms with Gasteiger partial charge >= 0.3 is 0 Å². The molecular weight excluding hydrogens is 436 g/mol. The average molecular weight is 458 g/mol. The molecule has 1 atom stereocenters. The lowest BCUT2D eigenvalue weighted by atomic mass is 10.0. The Morgan fingerprint density at radius 3 is 2.79 bits per heavy atom. The summed E-state index contributed by atoms with van der Waals surface area (Å²) in [4.78, 5) is 42.8. The molecular formula is C24H22N6O4. The van der Waals surface area contributed by atoms with E-state index in [4.69, 9.17) is 4.74 Å². The van der Waals surface area contributed by atoms with E-state index in [-0.39, 0.29) is 18.2 Å². The highest BCUT2D eigenvalue weighted by molar-refractivity contribution is 6.05. The van der Waals surface area contributed by atoms with Crippen LogP contribution in [0.3, 0.4) is 0 Å². The molecule has 34 heavy (non-hydrogen) atoms. The number of rotatable bonds is 6. The van der Waals surface area contributed by atoms with Crippen LogP contribution in [-0.2, 0) is 27.5 Å². The van der Waals surface area contributed by atoms with E-state index in [0.29, 0.717) is 42.8 Å². The number of amides is 3. The van der Waals surface area contributed by atoms with E-state index in [0.717, 1.165) is 29.7 Å². The molecule has 4 heterocycles. The van der Waals surface area contributed by atoms with E-state index < -0.39 is 11.9 Å². The number of hydrogen-bond donors (Lipinski definition) is 1. The van der Waals surface area contributed by atoms with E-state index in [9.17, 15) is 14.4 Å². The lowest BCUT2D eigenvalue weighted by molar-refractivity contribution is -0.136. The summed E-state index contributed by atoms with van der Waals surface area (Å²) < 4.78 is 7.35. The molecule has 6 rings (SSSR count). The van der Waals surface area contributed by atoms with Crippen LogP contribution in [0.2, 0.25) is 0 Å². The molecule has 1 aromatic carbocycles. The Bertz CT molecular complexity index is 1310. The molecule has 172 valence electrons. The number of pyridine rings is 1. The number of imide groups is 1. The first-order chi connectivity index (χ1) is 16.5. The summed E-state index contributed by atoms with van der Waals surface area (Å²) in [6, 6.07) is 10.6. The van der Waals surface area contributed by atoms with Gasteiger partial charge in [0.05, 0.1) is 24.6 Å². The van der Waals surface area contributed by atoms with Crippen molar-refractivity contribution in [3.8, 4) is 17.1 Å². The molecule has 10 heteroatoms. The summed E-state index contributed by atoms with van der Waals surface area (Å²) in [6.45, 7) is 0.787. The summed E-state index contributed by atoms with van der Waals surface area (Å²) in [5.74, 6) is -0.269. The second-order valence-corrected chi connectivity index (χ2v) is 8.82. The third-order valence-electron chi connectivity index (χ3n) is 6.33. The predicted octanol–water partition coefficient (Wildman–Crippen LogP) is 1.77. The minimum atomic E-state index is -0.635. The van der Waals surface area contributed by atoms with Gasteiger partial charge in [0.25, 0.3) is 5.91 Å². The quantitative estimate of drug-likeness (QED) is 0.559. The number of hydrogen-bond acceptors (Lipinski definition) is 7. The Morgan fingerprint density at radius 1 is 1.09 bits per heavy atom. The van der Waals surface area contributed by atoms with Crippen molar-refractivity contribution in [2.75, 3.05) is 0 Å². The van der Waals surface area contributed by atoms with Crippen LogP contribution < -0.4 is 5.32 Å². The summed E-state index contributed by atoms with van der Waals surface area (Å²) in [5.41, 5.74) is 3.68. The van der Waals surface area contributed by atoms with Gasteiger partial charge in [0.1, 0.15) is 11.7 Å². The fourth-order valence-electron chi connectivity index (χ4n) is 4.35. The number of nitrogens with zero attached hydrogens (tertiary/aromatic N) is 5. The number of nitrogens with one attached hydrogen (secondary N) is 1. The fraction of sp³-hybridized carbons (Fsp3) is 0.333. The van der Waals surface area contributed by atoms with Crippen molar-refractivity contribution in [2.45, 2.75) is 51.0 Å². The van der Waals surface area contributed by atoms with E-state index in [2.05, 4.69) is 20.6 Å². The summed E-state index contributed by atoms with van der Waals surface area (Å²) in [7, 11) is 0. The minimum absolute atomic E-state index is 0.200. The van der Waals surface area contributed by atoms with Gasteiger partial charge in [-0.3, -0.25) is 19.7 Å². The van der Waals surface area contributed by atoms with E-state index in [1.807, 2.05) is 30.3 Å². The SMILES string of the molecule is O=C1CC[C@H](N2Cc3cc(-c4cn(-c5cccc(COC6CC6)n5)nn4)ccc3C2=O)C(=O)N1. The zero-order chi connectivity index (χ0) is 23.2. The molecule has 1 N–H and O–H groups in total. The first kappa shape index (κ1) is 20.7. The standard InChI is InChI=1S/C24H22N6O4/c31-22-9-8-20(23(32)26-22)29-11-15-10-14(4-7-18(15)24(29)33)19-12-30(28-27-19)21-3-1-2-16(25-21)13-34-17-5-6-17/h1-4,7,10,12,17,20H,5-6,8-9,11,13H2,(H,26,31,32)/t20-/m0/s1. The second kappa shape index (κ2) is 8.14. The maximum absolute atomic E-state index is 12.9. The third kappa shape index (κ3) is 3.86. The summed E-state index contributed by atoms with van der Waals surface area (Å²) in [5, 5.41) is 10.8. The number of ether oxygens (including phenoxy) is 1. The number of fused-ring (bicyclic) bond motifs is 1. The van der Waals surface area contributed by atoms with Gasteiger partial charge in [0, 0.05) is 24.1 Å². The van der Waals surface area contributed by atoms with E-state index in [1.54, 1.807) is 16.9 Å². The Labute approximate surface area is 194 Å². The van der Waals surface area contributed by atoms with Crippen molar-refractivity contribution < 1.29 is 19.1 Å². The largest absolute Gasteiger partial charge is 0.372 e. The molecule has 0 bridgehead atoms. The van der Waals surface area contributed by atoms with Gasteiger partial charge < -0.3 is 9.64 Å². The highest BCUT2D eigenvalue weighted by Crippen LogP contribution is 2.31. The molecule has 0 spiro atoms. The normalized spacial score (nSPS) is 19.9. The van der Waals surface area contributed by atoms with Gasteiger partial charge in [-0.2, -0.15) is 0 Å². The van der Waals surface area contributed by atoms with Gasteiger partial charge in [-0.05, 0) is 49.1 Å². The smallest absolute Gasteiger partial charge is 0.255 e. The van der Waals surface area contributed by atoms with E-state index >= 15 is 0 Å². The molecule has 2 aromatic heterocycles. The number of piperidine rings is 1. The molecule has 3 aliphatic rings. The zero-order valence-corrected chi connectivity index (χ0v) is 18.3. The monoisotopic (exact) mass is 458 g/mol. The second-order valence-electron chi connectivity index (χ2n) is 8.82. The van der Waals surface area contributed by atoms with Crippen LogP contribution in [0.25, 0.3) is 17.1 Å². The average Bonchev–Trinajstić information content (AvgIpc) is 3.44. The lowest BCUT2D eigenvalue weighted by Gasteiger charge is -2.29. The van der Waals surface area contributed by atoms with Crippen LogP contribution in [0.4, 0.5) is 0 Å². The van der Waals surface area contributed by atoms with Gasteiger partial charge in [0.2, 0.25) is 11.8 Å². The molecule has 2 aliphatic heterocycles. The Morgan fingerprint density at radius 2 is 1.97 bits per heavy atom. The maximum atomic E-state index is 12.9. The van der Waals surface area contributed by atoms with Gasteiger partial charge in [-0.15, -0.1) is 5.10 Å². The van der Waals surface area contributed by atoms with Crippen molar-refractivity contribution in [3.63, 3.8) is 0 Å². The molecule has 0 radical (unpaired) electrons. The predicted molar refractivity (Wildman–Crippen MR) is 118 cm³/mol. The number of benzene rings is 1. The highest BCUT2D eigenvalue weighted by atomic mass is 16.5. The van der Waals surface area contributed by atoms with Gasteiger partial charge in [-0.25, -0.2) is 9.67 Å².